The number of H-pyrrole nitrogens is 1. The van der Waals surface area contributed by atoms with Crippen molar-refractivity contribution in [2.24, 2.45) is 0 Å². The molecule has 3 aromatic heterocycles. The molecule has 3 heterocycles. The van der Waals surface area contributed by atoms with Crippen LogP contribution in [0.1, 0.15) is 16.2 Å². The molecule has 0 aromatic carbocycles. The summed E-state index contributed by atoms with van der Waals surface area (Å²) in [5, 5.41) is 14.1. The summed E-state index contributed by atoms with van der Waals surface area (Å²) in [6, 6.07) is 5.67. The van der Waals surface area contributed by atoms with Gasteiger partial charge in [0.1, 0.15) is 0 Å². The fourth-order valence-electron chi connectivity index (χ4n) is 1.57. The lowest BCUT2D eigenvalue weighted by molar-refractivity contribution is 0.102. The summed E-state index contributed by atoms with van der Waals surface area (Å²) < 4.78 is 0. The molecule has 2 N–H and O–H groups in total. The van der Waals surface area contributed by atoms with E-state index in [-0.39, 0.29) is 5.91 Å². The zero-order chi connectivity index (χ0) is 13.2. The molecule has 3 rings (SSSR count). The van der Waals surface area contributed by atoms with E-state index < -0.39 is 0 Å². The standard InChI is InChI=1S/C12H10N4OS2/c1-7-6-19-12(13-7)14-11(17)9-5-8(15-16-9)10-3-2-4-18-10/h2-6H,1H3,(H,15,16)(H,13,14,17). The second kappa shape index (κ2) is 4.94. The van der Waals surface area contributed by atoms with Gasteiger partial charge in [0.15, 0.2) is 10.8 Å². The molecule has 0 aliphatic rings. The molecule has 0 bridgehead atoms. The molecule has 7 heteroatoms. The van der Waals surface area contributed by atoms with Crippen molar-refractivity contribution in [2.45, 2.75) is 6.92 Å². The molecule has 96 valence electrons. The number of amides is 1. The van der Waals surface area contributed by atoms with Crippen LogP contribution in [0.2, 0.25) is 0 Å². The number of thiophene rings is 1. The summed E-state index contributed by atoms with van der Waals surface area (Å²) in [6.07, 6.45) is 0. The maximum Gasteiger partial charge on any atom is 0.277 e. The smallest absolute Gasteiger partial charge is 0.277 e. The minimum atomic E-state index is -0.256. The average Bonchev–Trinajstić information content (AvgIpc) is 3.08. The summed E-state index contributed by atoms with van der Waals surface area (Å²) in [6.45, 7) is 1.88. The van der Waals surface area contributed by atoms with Gasteiger partial charge in [-0.1, -0.05) is 6.07 Å². The van der Waals surface area contributed by atoms with Crippen LogP contribution in [-0.4, -0.2) is 21.1 Å². The predicted octanol–water partition coefficient (Wildman–Crippen LogP) is 3.16. The number of carbonyl (C=O) groups excluding carboxylic acids is 1. The number of hydrogen-bond donors (Lipinski definition) is 2. The van der Waals surface area contributed by atoms with Gasteiger partial charge in [-0.3, -0.25) is 15.2 Å². The number of hydrogen-bond acceptors (Lipinski definition) is 5. The Bertz CT molecular complexity index is 699. The van der Waals surface area contributed by atoms with E-state index in [2.05, 4.69) is 20.5 Å². The van der Waals surface area contributed by atoms with Crippen molar-refractivity contribution in [3.63, 3.8) is 0 Å². The maximum absolute atomic E-state index is 12.0. The van der Waals surface area contributed by atoms with Gasteiger partial charge in [-0.15, -0.1) is 22.7 Å². The predicted molar refractivity (Wildman–Crippen MR) is 76.7 cm³/mol. The molecule has 5 nitrogen and oxygen atoms in total. The van der Waals surface area contributed by atoms with Crippen molar-refractivity contribution < 1.29 is 4.79 Å². The largest absolute Gasteiger partial charge is 0.296 e. The second-order valence-corrected chi connectivity index (χ2v) is 5.70. The Kier molecular flexibility index (Phi) is 3.14. The lowest BCUT2D eigenvalue weighted by Gasteiger charge is -1.96. The first-order valence-corrected chi connectivity index (χ1v) is 7.31. The van der Waals surface area contributed by atoms with Gasteiger partial charge in [-0.05, 0) is 24.4 Å². The number of rotatable bonds is 3. The summed E-state index contributed by atoms with van der Waals surface area (Å²) in [5.41, 5.74) is 2.09. The third kappa shape index (κ3) is 2.56. The highest BCUT2D eigenvalue weighted by Gasteiger charge is 2.13. The van der Waals surface area contributed by atoms with Crippen molar-refractivity contribution in [3.8, 4) is 10.6 Å². The lowest BCUT2D eigenvalue weighted by atomic mass is 10.3. The quantitative estimate of drug-likeness (QED) is 0.778. The molecule has 0 saturated carbocycles. The molecule has 1 amide bonds. The molecule has 0 aliphatic carbocycles. The van der Waals surface area contributed by atoms with Gasteiger partial charge in [0, 0.05) is 5.38 Å². The van der Waals surface area contributed by atoms with Crippen LogP contribution in [0.25, 0.3) is 10.6 Å². The van der Waals surface area contributed by atoms with E-state index in [1.54, 1.807) is 17.4 Å². The van der Waals surface area contributed by atoms with Crippen molar-refractivity contribution in [1.29, 1.82) is 0 Å². The topological polar surface area (TPSA) is 70.7 Å². The zero-order valence-corrected chi connectivity index (χ0v) is 11.6. The number of nitrogens with zero attached hydrogens (tertiary/aromatic N) is 2. The monoisotopic (exact) mass is 290 g/mol. The molecular formula is C12H10N4OS2. The summed E-state index contributed by atoms with van der Waals surface area (Å²) in [4.78, 5) is 17.2. The van der Waals surface area contributed by atoms with Crippen LogP contribution >= 0.6 is 22.7 Å². The first kappa shape index (κ1) is 12.1. The first-order valence-electron chi connectivity index (χ1n) is 5.55. The maximum atomic E-state index is 12.0. The van der Waals surface area contributed by atoms with Crippen LogP contribution in [0.4, 0.5) is 5.13 Å². The molecule has 0 aliphatic heterocycles. The highest BCUT2D eigenvalue weighted by Crippen LogP contribution is 2.23. The Labute approximate surface area is 117 Å². The van der Waals surface area contributed by atoms with Gasteiger partial charge in [-0.2, -0.15) is 5.10 Å². The molecule has 0 radical (unpaired) electrons. The SMILES string of the molecule is Cc1csc(NC(=O)c2cc(-c3cccs3)[nH]n2)n1. The van der Waals surface area contributed by atoms with Crippen molar-refractivity contribution in [2.75, 3.05) is 5.32 Å². The number of anilines is 1. The number of aryl methyl sites for hydroxylation is 1. The van der Waals surface area contributed by atoms with Gasteiger partial charge in [0.25, 0.3) is 5.91 Å². The summed E-state index contributed by atoms with van der Waals surface area (Å²) in [7, 11) is 0. The Morgan fingerprint density at radius 1 is 1.42 bits per heavy atom. The molecule has 0 atom stereocenters. The van der Waals surface area contributed by atoms with Gasteiger partial charge in [0.05, 0.1) is 16.3 Å². The zero-order valence-electron chi connectivity index (χ0n) is 10.0. The molecule has 3 aromatic rings. The Morgan fingerprint density at radius 3 is 3.00 bits per heavy atom. The van der Waals surface area contributed by atoms with Gasteiger partial charge in [-0.25, -0.2) is 4.98 Å². The van der Waals surface area contributed by atoms with E-state index in [1.165, 1.54) is 11.3 Å². The Hall–Kier alpha value is -1.99. The fraction of sp³-hybridized carbons (Fsp3) is 0.0833. The van der Waals surface area contributed by atoms with Crippen LogP contribution in [0.3, 0.4) is 0 Å². The third-order valence-corrected chi connectivity index (χ3v) is 4.22. The molecule has 0 unspecified atom stereocenters. The van der Waals surface area contributed by atoms with E-state index in [0.29, 0.717) is 10.8 Å². The highest BCUT2D eigenvalue weighted by atomic mass is 32.1. The molecule has 0 fully saturated rings. The summed E-state index contributed by atoms with van der Waals surface area (Å²) >= 11 is 2.99. The van der Waals surface area contributed by atoms with Crippen molar-refractivity contribution in [1.82, 2.24) is 15.2 Å². The first-order chi connectivity index (χ1) is 9.22. The second-order valence-electron chi connectivity index (χ2n) is 3.89. The van der Waals surface area contributed by atoms with E-state index in [1.807, 2.05) is 29.8 Å². The minimum Gasteiger partial charge on any atom is -0.296 e. The van der Waals surface area contributed by atoms with Gasteiger partial charge >= 0.3 is 0 Å². The molecule has 0 saturated heterocycles. The van der Waals surface area contributed by atoms with Crippen LogP contribution < -0.4 is 5.32 Å². The number of carbonyl (C=O) groups is 1. The van der Waals surface area contributed by atoms with E-state index in [0.717, 1.165) is 16.3 Å². The van der Waals surface area contributed by atoms with Crippen molar-refractivity contribution >= 4 is 33.7 Å². The van der Waals surface area contributed by atoms with Crippen LogP contribution in [0.5, 0.6) is 0 Å². The molecular weight excluding hydrogens is 280 g/mol. The van der Waals surface area contributed by atoms with Crippen LogP contribution in [0.15, 0.2) is 29.0 Å². The fourth-order valence-corrected chi connectivity index (χ4v) is 2.94. The third-order valence-electron chi connectivity index (χ3n) is 2.44. The number of aromatic amines is 1. The minimum absolute atomic E-state index is 0.256. The highest BCUT2D eigenvalue weighted by molar-refractivity contribution is 7.14. The van der Waals surface area contributed by atoms with Crippen LogP contribution in [-0.2, 0) is 0 Å². The lowest BCUT2D eigenvalue weighted by Crippen LogP contribution is -2.12. The average molecular weight is 290 g/mol. The molecule has 19 heavy (non-hydrogen) atoms. The normalized spacial score (nSPS) is 10.6. The van der Waals surface area contributed by atoms with Crippen LogP contribution in [0, 0.1) is 6.92 Å². The number of thiazole rings is 1. The Morgan fingerprint density at radius 2 is 2.32 bits per heavy atom. The summed E-state index contributed by atoms with van der Waals surface area (Å²) in [5.74, 6) is -0.256. The van der Waals surface area contributed by atoms with Crippen molar-refractivity contribution in [3.05, 3.63) is 40.3 Å². The van der Waals surface area contributed by atoms with E-state index in [9.17, 15) is 4.79 Å². The van der Waals surface area contributed by atoms with Gasteiger partial charge < -0.3 is 0 Å². The number of aromatic nitrogens is 3. The van der Waals surface area contributed by atoms with E-state index in [4.69, 9.17) is 0 Å². The van der Waals surface area contributed by atoms with E-state index >= 15 is 0 Å². The molecule has 0 spiro atoms. The Balaban J connectivity index is 1.77. The number of nitrogens with one attached hydrogen (secondary N) is 2. The van der Waals surface area contributed by atoms with Gasteiger partial charge in [0.2, 0.25) is 0 Å².